The summed E-state index contributed by atoms with van der Waals surface area (Å²) in [4.78, 5) is 0. The van der Waals surface area contributed by atoms with Crippen molar-refractivity contribution in [3.8, 4) is 0 Å². The van der Waals surface area contributed by atoms with Crippen LogP contribution < -0.4 is 5.32 Å². The van der Waals surface area contributed by atoms with Crippen LogP contribution in [0.3, 0.4) is 0 Å². The first-order valence-corrected chi connectivity index (χ1v) is 5.21. The molecular formula is C11H17NO2. The zero-order valence-corrected chi connectivity index (χ0v) is 8.58. The lowest BCUT2D eigenvalue weighted by atomic mass is 10.2. The third-order valence-corrected chi connectivity index (χ3v) is 2.68. The van der Waals surface area contributed by atoms with Gasteiger partial charge in [-0.15, -0.1) is 0 Å². The van der Waals surface area contributed by atoms with Crippen molar-refractivity contribution >= 4 is 0 Å². The van der Waals surface area contributed by atoms with E-state index in [1.165, 1.54) is 18.4 Å². The first-order chi connectivity index (χ1) is 6.86. The van der Waals surface area contributed by atoms with Crippen molar-refractivity contribution in [2.24, 2.45) is 0 Å². The summed E-state index contributed by atoms with van der Waals surface area (Å²) in [5.74, 6) is 1.00. The summed E-state index contributed by atoms with van der Waals surface area (Å²) >= 11 is 0. The van der Waals surface area contributed by atoms with Crippen molar-refractivity contribution in [3.05, 3.63) is 23.7 Å². The predicted octanol–water partition coefficient (Wildman–Crippen LogP) is 1.86. The summed E-state index contributed by atoms with van der Waals surface area (Å²) in [6.07, 6.45) is 4.55. The summed E-state index contributed by atoms with van der Waals surface area (Å²) in [6.45, 7) is 4.74. The standard InChI is InChI=1S/C11H17NO2/c1-9-10(4-6-13-9)7-12-8-11-3-2-5-14-11/h4,6,11-12H,2-3,5,7-8H2,1H3. The molecule has 1 aromatic heterocycles. The first kappa shape index (κ1) is 9.74. The van der Waals surface area contributed by atoms with Crippen LogP contribution in [-0.4, -0.2) is 19.3 Å². The topological polar surface area (TPSA) is 34.4 Å². The van der Waals surface area contributed by atoms with E-state index in [1.54, 1.807) is 6.26 Å². The minimum Gasteiger partial charge on any atom is -0.469 e. The van der Waals surface area contributed by atoms with E-state index in [2.05, 4.69) is 5.32 Å². The number of furan rings is 1. The Bertz CT molecular complexity index is 277. The highest BCUT2D eigenvalue weighted by atomic mass is 16.5. The Morgan fingerprint density at radius 3 is 3.14 bits per heavy atom. The van der Waals surface area contributed by atoms with Gasteiger partial charge in [0.1, 0.15) is 5.76 Å². The van der Waals surface area contributed by atoms with Gasteiger partial charge in [0, 0.05) is 25.3 Å². The summed E-state index contributed by atoms with van der Waals surface area (Å²) in [7, 11) is 0. The zero-order chi connectivity index (χ0) is 9.80. The Morgan fingerprint density at radius 1 is 1.57 bits per heavy atom. The molecule has 3 nitrogen and oxygen atoms in total. The molecule has 0 spiro atoms. The molecule has 0 aliphatic carbocycles. The van der Waals surface area contributed by atoms with Gasteiger partial charge in [0.05, 0.1) is 12.4 Å². The number of ether oxygens (including phenoxy) is 1. The second kappa shape index (κ2) is 4.62. The molecule has 0 amide bonds. The largest absolute Gasteiger partial charge is 0.469 e. The van der Waals surface area contributed by atoms with Gasteiger partial charge in [0.25, 0.3) is 0 Å². The van der Waals surface area contributed by atoms with Crippen molar-refractivity contribution < 1.29 is 9.15 Å². The van der Waals surface area contributed by atoms with Crippen molar-refractivity contribution in [1.29, 1.82) is 0 Å². The number of hydrogen-bond acceptors (Lipinski definition) is 3. The lowest BCUT2D eigenvalue weighted by Gasteiger charge is -2.09. The molecule has 0 radical (unpaired) electrons. The molecule has 1 aliphatic rings. The van der Waals surface area contributed by atoms with Gasteiger partial charge in [-0.25, -0.2) is 0 Å². The van der Waals surface area contributed by atoms with E-state index in [0.717, 1.165) is 25.5 Å². The monoisotopic (exact) mass is 195 g/mol. The van der Waals surface area contributed by atoms with Crippen LogP contribution in [0.1, 0.15) is 24.2 Å². The Balaban J connectivity index is 1.70. The molecule has 1 aliphatic heterocycles. The second-order valence-electron chi connectivity index (χ2n) is 3.77. The molecule has 1 saturated heterocycles. The Morgan fingerprint density at radius 2 is 2.50 bits per heavy atom. The third kappa shape index (κ3) is 2.36. The fourth-order valence-electron chi connectivity index (χ4n) is 1.77. The molecule has 1 fully saturated rings. The normalized spacial score (nSPS) is 21.6. The van der Waals surface area contributed by atoms with E-state index >= 15 is 0 Å². The maximum absolute atomic E-state index is 5.52. The average molecular weight is 195 g/mol. The first-order valence-electron chi connectivity index (χ1n) is 5.21. The molecule has 0 aromatic carbocycles. The fourth-order valence-corrected chi connectivity index (χ4v) is 1.77. The van der Waals surface area contributed by atoms with Gasteiger partial charge in [-0.05, 0) is 25.8 Å². The molecule has 1 atom stereocenters. The minimum absolute atomic E-state index is 0.419. The lowest BCUT2D eigenvalue weighted by molar-refractivity contribution is 0.110. The van der Waals surface area contributed by atoms with Crippen LogP contribution in [0.5, 0.6) is 0 Å². The SMILES string of the molecule is Cc1occc1CNCC1CCCO1. The maximum Gasteiger partial charge on any atom is 0.105 e. The van der Waals surface area contributed by atoms with Crippen LogP contribution in [0, 0.1) is 6.92 Å². The lowest BCUT2D eigenvalue weighted by Crippen LogP contribution is -2.25. The molecule has 14 heavy (non-hydrogen) atoms. The van der Waals surface area contributed by atoms with Crippen LogP contribution in [0.15, 0.2) is 16.7 Å². The van der Waals surface area contributed by atoms with Gasteiger partial charge in [-0.3, -0.25) is 0 Å². The van der Waals surface area contributed by atoms with Gasteiger partial charge in [-0.2, -0.15) is 0 Å². The molecule has 0 bridgehead atoms. The summed E-state index contributed by atoms with van der Waals surface area (Å²) in [6, 6.07) is 2.01. The smallest absolute Gasteiger partial charge is 0.105 e. The Labute approximate surface area is 84.4 Å². The predicted molar refractivity (Wildman–Crippen MR) is 54.1 cm³/mol. The van der Waals surface area contributed by atoms with Crippen molar-refractivity contribution in [2.75, 3.05) is 13.2 Å². The molecule has 2 rings (SSSR count). The van der Waals surface area contributed by atoms with Gasteiger partial charge in [0.15, 0.2) is 0 Å². The maximum atomic E-state index is 5.52. The molecular weight excluding hydrogens is 178 g/mol. The van der Waals surface area contributed by atoms with Crippen molar-refractivity contribution in [3.63, 3.8) is 0 Å². The molecule has 1 aromatic rings. The zero-order valence-electron chi connectivity index (χ0n) is 8.58. The van der Waals surface area contributed by atoms with Crippen LogP contribution in [0.25, 0.3) is 0 Å². The molecule has 2 heterocycles. The number of rotatable bonds is 4. The molecule has 1 unspecified atom stereocenters. The average Bonchev–Trinajstić information content (AvgIpc) is 2.78. The van der Waals surface area contributed by atoms with E-state index < -0.39 is 0 Å². The minimum atomic E-state index is 0.419. The van der Waals surface area contributed by atoms with E-state index in [-0.39, 0.29) is 0 Å². The molecule has 1 N–H and O–H groups in total. The summed E-state index contributed by atoms with van der Waals surface area (Å²) in [5, 5.41) is 3.39. The number of nitrogens with one attached hydrogen (secondary N) is 1. The number of hydrogen-bond donors (Lipinski definition) is 1. The highest BCUT2D eigenvalue weighted by Gasteiger charge is 2.14. The summed E-state index contributed by atoms with van der Waals surface area (Å²) < 4.78 is 10.7. The Kier molecular flexibility index (Phi) is 3.22. The van der Waals surface area contributed by atoms with Crippen LogP contribution >= 0.6 is 0 Å². The van der Waals surface area contributed by atoms with Gasteiger partial charge in [0.2, 0.25) is 0 Å². The molecule has 3 heteroatoms. The van der Waals surface area contributed by atoms with E-state index in [0.29, 0.717) is 6.10 Å². The third-order valence-electron chi connectivity index (χ3n) is 2.68. The van der Waals surface area contributed by atoms with Crippen molar-refractivity contribution in [1.82, 2.24) is 5.32 Å². The van der Waals surface area contributed by atoms with Crippen LogP contribution in [0.2, 0.25) is 0 Å². The molecule has 78 valence electrons. The van der Waals surface area contributed by atoms with Crippen LogP contribution in [-0.2, 0) is 11.3 Å². The van der Waals surface area contributed by atoms with Gasteiger partial charge in [-0.1, -0.05) is 0 Å². The highest BCUT2D eigenvalue weighted by molar-refractivity contribution is 5.14. The van der Waals surface area contributed by atoms with E-state index in [4.69, 9.17) is 9.15 Å². The fraction of sp³-hybridized carbons (Fsp3) is 0.636. The highest BCUT2D eigenvalue weighted by Crippen LogP contribution is 2.12. The summed E-state index contributed by atoms with van der Waals surface area (Å²) in [5.41, 5.74) is 1.24. The van der Waals surface area contributed by atoms with Gasteiger partial charge >= 0.3 is 0 Å². The second-order valence-corrected chi connectivity index (χ2v) is 3.77. The molecule has 0 saturated carbocycles. The van der Waals surface area contributed by atoms with Gasteiger partial charge < -0.3 is 14.5 Å². The van der Waals surface area contributed by atoms with Crippen molar-refractivity contribution in [2.45, 2.75) is 32.4 Å². The van der Waals surface area contributed by atoms with E-state index in [9.17, 15) is 0 Å². The quantitative estimate of drug-likeness (QED) is 0.796. The number of aryl methyl sites for hydroxylation is 1. The Hall–Kier alpha value is -0.800. The van der Waals surface area contributed by atoms with E-state index in [1.807, 2.05) is 13.0 Å². The van der Waals surface area contributed by atoms with Crippen LogP contribution in [0.4, 0.5) is 0 Å².